The van der Waals surface area contributed by atoms with Crippen LogP contribution in [0.4, 0.5) is 10.1 Å². The Balaban J connectivity index is 1.74. The molecule has 0 aliphatic heterocycles. The molecular formula is C23H18ClFN4O3. The molecule has 4 rings (SSSR count). The number of methoxy groups -OCH3 is 2. The number of carbonyl (C=O) groups excluding carboxylic acids is 1. The van der Waals surface area contributed by atoms with Crippen LogP contribution in [0.3, 0.4) is 0 Å². The van der Waals surface area contributed by atoms with Crippen LogP contribution in [0, 0.1) is 5.82 Å². The lowest BCUT2D eigenvalue weighted by Crippen LogP contribution is -2.14. The van der Waals surface area contributed by atoms with E-state index in [1.165, 1.54) is 32.4 Å². The lowest BCUT2D eigenvalue weighted by atomic mass is 10.1. The van der Waals surface area contributed by atoms with Gasteiger partial charge in [-0.1, -0.05) is 11.6 Å². The fourth-order valence-corrected chi connectivity index (χ4v) is 3.38. The van der Waals surface area contributed by atoms with Gasteiger partial charge in [0.25, 0.3) is 5.91 Å². The SMILES string of the molecule is COc1cc(OC)c(NC(=O)c2cc(-c3ccncc3)n(-c3ccc(F)cc3)n2)cc1Cl. The van der Waals surface area contributed by atoms with Crippen molar-refractivity contribution in [3.05, 3.63) is 83.5 Å². The number of anilines is 1. The minimum atomic E-state index is -0.472. The van der Waals surface area contributed by atoms with Gasteiger partial charge in [-0.05, 0) is 48.5 Å². The highest BCUT2D eigenvalue weighted by Gasteiger charge is 2.19. The Hall–Kier alpha value is -3.91. The number of hydrogen-bond acceptors (Lipinski definition) is 5. The van der Waals surface area contributed by atoms with Gasteiger partial charge in [0.2, 0.25) is 0 Å². The Labute approximate surface area is 188 Å². The molecule has 2 aromatic heterocycles. The van der Waals surface area contributed by atoms with Crippen LogP contribution >= 0.6 is 11.6 Å². The van der Waals surface area contributed by atoms with Crippen molar-refractivity contribution in [1.82, 2.24) is 14.8 Å². The Morgan fingerprint density at radius 1 is 1.00 bits per heavy atom. The second kappa shape index (κ2) is 9.07. The number of nitrogens with one attached hydrogen (secondary N) is 1. The first-order chi connectivity index (χ1) is 15.5. The highest BCUT2D eigenvalue weighted by atomic mass is 35.5. The third kappa shape index (κ3) is 4.26. The number of benzene rings is 2. The first kappa shape index (κ1) is 21.3. The Morgan fingerprint density at radius 3 is 2.34 bits per heavy atom. The van der Waals surface area contributed by atoms with Crippen LogP contribution in [0.25, 0.3) is 16.9 Å². The quantitative estimate of drug-likeness (QED) is 0.445. The smallest absolute Gasteiger partial charge is 0.276 e. The topological polar surface area (TPSA) is 78.3 Å². The molecular weight excluding hydrogens is 435 g/mol. The average molecular weight is 453 g/mol. The van der Waals surface area contributed by atoms with Gasteiger partial charge in [-0.3, -0.25) is 9.78 Å². The molecule has 0 saturated carbocycles. The number of pyridine rings is 1. The molecule has 0 radical (unpaired) electrons. The van der Waals surface area contributed by atoms with Gasteiger partial charge in [0.15, 0.2) is 5.69 Å². The molecule has 162 valence electrons. The van der Waals surface area contributed by atoms with E-state index in [9.17, 15) is 9.18 Å². The van der Waals surface area contributed by atoms with Crippen molar-refractivity contribution in [3.8, 4) is 28.4 Å². The summed E-state index contributed by atoms with van der Waals surface area (Å²) in [5.41, 5.74) is 2.55. The summed E-state index contributed by atoms with van der Waals surface area (Å²) in [6.45, 7) is 0. The second-order valence-electron chi connectivity index (χ2n) is 6.68. The third-order valence-electron chi connectivity index (χ3n) is 4.71. The lowest BCUT2D eigenvalue weighted by molar-refractivity contribution is 0.102. The predicted octanol–water partition coefficient (Wildman–Crippen LogP) is 5.00. The molecule has 0 bridgehead atoms. The van der Waals surface area contributed by atoms with Crippen LogP contribution in [-0.2, 0) is 0 Å². The maximum Gasteiger partial charge on any atom is 0.276 e. The van der Waals surface area contributed by atoms with Crippen molar-refractivity contribution < 1.29 is 18.7 Å². The van der Waals surface area contributed by atoms with E-state index in [0.29, 0.717) is 33.6 Å². The second-order valence-corrected chi connectivity index (χ2v) is 7.09. The van der Waals surface area contributed by atoms with E-state index in [-0.39, 0.29) is 11.5 Å². The average Bonchev–Trinajstić information content (AvgIpc) is 3.26. The monoisotopic (exact) mass is 452 g/mol. The van der Waals surface area contributed by atoms with Crippen molar-refractivity contribution in [3.63, 3.8) is 0 Å². The first-order valence-corrected chi connectivity index (χ1v) is 9.87. The normalized spacial score (nSPS) is 10.6. The van der Waals surface area contributed by atoms with Crippen LogP contribution in [0.1, 0.15) is 10.5 Å². The number of amides is 1. The van der Waals surface area contributed by atoms with Crippen LogP contribution in [0.15, 0.2) is 67.0 Å². The summed E-state index contributed by atoms with van der Waals surface area (Å²) in [6.07, 6.45) is 3.28. The summed E-state index contributed by atoms with van der Waals surface area (Å²) < 4.78 is 25.5. The maximum absolute atomic E-state index is 13.4. The van der Waals surface area contributed by atoms with Crippen LogP contribution in [0.5, 0.6) is 11.5 Å². The number of carbonyl (C=O) groups is 1. The number of nitrogens with zero attached hydrogens (tertiary/aromatic N) is 3. The highest BCUT2D eigenvalue weighted by molar-refractivity contribution is 6.32. The van der Waals surface area contributed by atoms with Crippen molar-refractivity contribution in [2.24, 2.45) is 0 Å². The molecule has 0 spiro atoms. The van der Waals surface area contributed by atoms with Crippen molar-refractivity contribution in [1.29, 1.82) is 0 Å². The number of ether oxygens (including phenoxy) is 2. The number of hydrogen-bond donors (Lipinski definition) is 1. The van der Waals surface area contributed by atoms with E-state index in [2.05, 4.69) is 15.4 Å². The van der Waals surface area contributed by atoms with E-state index in [1.54, 1.807) is 53.5 Å². The van der Waals surface area contributed by atoms with Crippen LogP contribution < -0.4 is 14.8 Å². The molecule has 0 unspecified atom stereocenters. The zero-order chi connectivity index (χ0) is 22.7. The van der Waals surface area contributed by atoms with Crippen LogP contribution in [0.2, 0.25) is 5.02 Å². The predicted molar refractivity (Wildman–Crippen MR) is 119 cm³/mol. The molecule has 7 nitrogen and oxygen atoms in total. The minimum absolute atomic E-state index is 0.148. The summed E-state index contributed by atoms with van der Waals surface area (Å²) in [6, 6.07) is 14.2. The van der Waals surface area contributed by atoms with Crippen molar-refractivity contribution in [2.45, 2.75) is 0 Å². The number of aromatic nitrogens is 3. The van der Waals surface area contributed by atoms with E-state index >= 15 is 0 Å². The first-order valence-electron chi connectivity index (χ1n) is 9.49. The number of rotatable bonds is 6. The van der Waals surface area contributed by atoms with E-state index in [1.807, 2.05) is 0 Å². The van der Waals surface area contributed by atoms with Gasteiger partial charge in [-0.25, -0.2) is 9.07 Å². The molecule has 2 heterocycles. The molecule has 0 aliphatic rings. The fraction of sp³-hybridized carbons (Fsp3) is 0.0870. The van der Waals surface area contributed by atoms with E-state index in [4.69, 9.17) is 21.1 Å². The summed E-state index contributed by atoms with van der Waals surface area (Å²) >= 11 is 6.20. The van der Waals surface area contributed by atoms with Gasteiger partial charge in [-0.2, -0.15) is 5.10 Å². The molecule has 4 aromatic rings. The largest absolute Gasteiger partial charge is 0.495 e. The molecule has 0 atom stereocenters. The van der Waals surface area contributed by atoms with Crippen molar-refractivity contribution >= 4 is 23.2 Å². The Bertz CT molecular complexity index is 1260. The standard InChI is InChI=1S/C23H18ClFN4O3/c1-31-21-13-22(32-2)18(11-17(21)24)27-23(30)19-12-20(14-7-9-26-10-8-14)29(28-19)16-5-3-15(25)4-6-16/h3-13H,1-2H3,(H,27,30). The number of halogens is 2. The molecule has 9 heteroatoms. The minimum Gasteiger partial charge on any atom is -0.495 e. The van der Waals surface area contributed by atoms with Crippen LogP contribution in [-0.4, -0.2) is 34.9 Å². The Morgan fingerprint density at radius 2 is 1.69 bits per heavy atom. The van der Waals surface area contributed by atoms with Gasteiger partial charge >= 0.3 is 0 Å². The summed E-state index contributed by atoms with van der Waals surface area (Å²) in [5.74, 6) is -0.0393. The third-order valence-corrected chi connectivity index (χ3v) is 5.01. The van der Waals surface area contributed by atoms with E-state index < -0.39 is 5.91 Å². The van der Waals surface area contributed by atoms with Gasteiger partial charge < -0.3 is 14.8 Å². The summed E-state index contributed by atoms with van der Waals surface area (Å²) in [5, 5.41) is 7.55. The molecule has 0 saturated heterocycles. The van der Waals surface area contributed by atoms with Gasteiger partial charge in [0.1, 0.15) is 17.3 Å². The zero-order valence-electron chi connectivity index (χ0n) is 17.2. The lowest BCUT2D eigenvalue weighted by Gasteiger charge is -2.12. The maximum atomic E-state index is 13.4. The highest BCUT2D eigenvalue weighted by Crippen LogP contribution is 2.36. The summed E-state index contributed by atoms with van der Waals surface area (Å²) in [7, 11) is 2.96. The Kier molecular flexibility index (Phi) is 6.04. The van der Waals surface area contributed by atoms with Crippen molar-refractivity contribution in [2.75, 3.05) is 19.5 Å². The molecule has 32 heavy (non-hydrogen) atoms. The van der Waals surface area contributed by atoms with Gasteiger partial charge in [-0.15, -0.1) is 0 Å². The van der Waals surface area contributed by atoms with E-state index in [0.717, 1.165) is 5.56 Å². The molecule has 1 N–H and O–H groups in total. The molecule has 2 aromatic carbocycles. The van der Waals surface area contributed by atoms with Gasteiger partial charge in [0, 0.05) is 24.0 Å². The molecule has 0 fully saturated rings. The molecule has 1 amide bonds. The molecule has 0 aliphatic carbocycles. The fourth-order valence-electron chi connectivity index (χ4n) is 3.14. The zero-order valence-corrected chi connectivity index (χ0v) is 17.9. The summed E-state index contributed by atoms with van der Waals surface area (Å²) in [4.78, 5) is 17.1. The van der Waals surface area contributed by atoms with Gasteiger partial charge in [0.05, 0.1) is 36.3 Å².